The lowest BCUT2D eigenvalue weighted by atomic mass is 10.0. The molecular weight excluding hydrogens is 518 g/mol. The highest BCUT2D eigenvalue weighted by Gasteiger charge is 2.30. The van der Waals surface area contributed by atoms with E-state index in [9.17, 15) is 9.59 Å². The molecule has 0 saturated carbocycles. The first-order chi connectivity index (χ1) is 20.0. The van der Waals surface area contributed by atoms with Gasteiger partial charge in [-0.1, -0.05) is 54.6 Å². The normalized spacial score (nSPS) is 11.3. The number of rotatable bonds is 13. The number of aromatic nitrogens is 1. The molecular formula is C33H35N3O5. The molecule has 3 aromatic carbocycles. The van der Waals surface area contributed by atoms with Crippen molar-refractivity contribution in [3.8, 4) is 17.2 Å². The van der Waals surface area contributed by atoms with E-state index in [0.717, 1.165) is 22.3 Å². The highest BCUT2D eigenvalue weighted by Crippen LogP contribution is 2.28. The van der Waals surface area contributed by atoms with Crippen molar-refractivity contribution in [1.29, 1.82) is 0 Å². The molecule has 0 unspecified atom stereocenters. The molecule has 1 heterocycles. The van der Waals surface area contributed by atoms with Crippen LogP contribution in [0.5, 0.6) is 17.2 Å². The standard InChI is InChI=1S/C33H35N3O5/c1-39-28-14-11-25(12-15-28)23-36(32(37)20-26-13-16-30(40-2)31(19-26)41-3)29(18-24-8-5-4-6-9-24)33(38)35-22-27-10-7-17-34-21-27/h4-17,19,21,29H,18,20,22-23H2,1-3H3,(H,35,38)/t29-/m0/s1. The van der Waals surface area contributed by atoms with Crippen molar-refractivity contribution in [1.82, 2.24) is 15.2 Å². The Kier molecular flexibility index (Phi) is 10.3. The first-order valence-electron chi connectivity index (χ1n) is 13.3. The van der Waals surface area contributed by atoms with Crippen molar-refractivity contribution in [2.75, 3.05) is 21.3 Å². The number of ether oxygens (including phenoxy) is 3. The monoisotopic (exact) mass is 553 g/mol. The maximum absolute atomic E-state index is 14.0. The quantitative estimate of drug-likeness (QED) is 0.260. The second kappa shape index (κ2) is 14.5. The molecule has 4 rings (SSSR count). The zero-order valence-corrected chi connectivity index (χ0v) is 23.6. The van der Waals surface area contributed by atoms with Gasteiger partial charge in [-0.15, -0.1) is 0 Å². The number of carbonyl (C=O) groups excluding carboxylic acids is 2. The van der Waals surface area contributed by atoms with E-state index in [4.69, 9.17) is 14.2 Å². The third-order valence-electron chi connectivity index (χ3n) is 6.78. The van der Waals surface area contributed by atoms with Gasteiger partial charge in [-0.25, -0.2) is 0 Å². The highest BCUT2D eigenvalue weighted by molar-refractivity contribution is 5.89. The van der Waals surface area contributed by atoms with Gasteiger partial charge >= 0.3 is 0 Å². The molecule has 0 aliphatic heterocycles. The van der Waals surface area contributed by atoms with Crippen molar-refractivity contribution in [3.63, 3.8) is 0 Å². The number of methoxy groups -OCH3 is 3. The van der Waals surface area contributed by atoms with E-state index in [1.165, 1.54) is 0 Å². The molecule has 0 saturated heterocycles. The fourth-order valence-corrected chi connectivity index (χ4v) is 4.56. The third-order valence-corrected chi connectivity index (χ3v) is 6.78. The molecule has 8 nitrogen and oxygen atoms in total. The van der Waals surface area contributed by atoms with Crippen LogP contribution in [0.1, 0.15) is 22.3 Å². The minimum absolute atomic E-state index is 0.0810. The second-order valence-corrected chi connectivity index (χ2v) is 9.52. The van der Waals surface area contributed by atoms with Crippen LogP contribution in [-0.2, 0) is 35.5 Å². The van der Waals surface area contributed by atoms with Crippen LogP contribution in [0, 0.1) is 0 Å². The van der Waals surface area contributed by atoms with Crippen LogP contribution in [0.4, 0.5) is 0 Å². The minimum Gasteiger partial charge on any atom is -0.497 e. The predicted octanol–water partition coefficient (Wildman–Crippen LogP) is 4.61. The molecule has 4 aromatic rings. The van der Waals surface area contributed by atoms with Gasteiger partial charge in [0.05, 0.1) is 27.8 Å². The number of amides is 2. The fraction of sp³-hybridized carbons (Fsp3) is 0.242. The van der Waals surface area contributed by atoms with E-state index in [1.807, 2.05) is 72.8 Å². The average Bonchev–Trinajstić information content (AvgIpc) is 3.02. The topological polar surface area (TPSA) is 90.0 Å². The number of benzene rings is 3. The van der Waals surface area contributed by atoms with Crippen LogP contribution in [0.3, 0.4) is 0 Å². The van der Waals surface area contributed by atoms with Crippen molar-refractivity contribution in [2.45, 2.75) is 32.0 Å². The third kappa shape index (κ3) is 8.08. The smallest absolute Gasteiger partial charge is 0.243 e. The summed E-state index contributed by atoms with van der Waals surface area (Å²) in [5.41, 5.74) is 3.46. The molecule has 212 valence electrons. The zero-order valence-electron chi connectivity index (χ0n) is 23.6. The Morgan fingerprint density at radius 3 is 2.15 bits per heavy atom. The lowest BCUT2D eigenvalue weighted by Gasteiger charge is -2.32. The molecule has 2 amide bonds. The van der Waals surface area contributed by atoms with E-state index < -0.39 is 6.04 Å². The Bertz CT molecular complexity index is 1410. The van der Waals surface area contributed by atoms with Crippen LogP contribution in [0.2, 0.25) is 0 Å². The zero-order chi connectivity index (χ0) is 29.0. The van der Waals surface area contributed by atoms with Crippen LogP contribution < -0.4 is 19.5 Å². The Balaban J connectivity index is 1.66. The summed E-state index contributed by atoms with van der Waals surface area (Å²) in [6.07, 6.45) is 3.84. The number of pyridine rings is 1. The summed E-state index contributed by atoms with van der Waals surface area (Å²) in [7, 11) is 4.73. The first-order valence-corrected chi connectivity index (χ1v) is 13.3. The van der Waals surface area contributed by atoms with Gasteiger partial charge in [-0.3, -0.25) is 14.6 Å². The summed E-state index contributed by atoms with van der Waals surface area (Å²) in [4.78, 5) is 33.6. The maximum atomic E-state index is 14.0. The lowest BCUT2D eigenvalue weighted by Crippen LogP contribution is -2.50. The van der Waals surface area contributed by atoms with Gasteiger partial charge in [-0.2, -0.15) is 0 Å². The Morgan fingerprint density at radius 2 is 1.49 bits per heavy atom. The summed E-state index contributed by atoms with van der Waals surface area (Å²) in [5, 5.41) is 3.03. The van der Waals surface area contributed by atoms with Crippen molar-refractivity contribution in [3.05, 3.63) is 120 Å². The van der Waals surface area contributed by atoms with E-state index in [2.05, 4.69) is 10.3 Å². The van der Waals surface area contributed by atoms with Crippen LogP contribution >= 0.6 is 0 Å². The molecule has 41 heavy (non-hydrogen) atoms. The van der Waals surface area contributed by atoms with Crippen molar-refractivity contribution < 1.29 is 23.8 Å². The number of nitrogens with one attached hydrogen (secondary N) is 1. The molecule has 0 aliphatic rings. The number of hydrogen-bond acceptors (Lipinski definition) is 6. The summed E-state index contributed by atoms with van der Waals surface area (Å²) < 4.78 is 16.1. The predicted molar refractivity (Wildman–Crippen MR) is 157 cm³/mol. The average molecular weight is 554 g/mol. The molecule has 0 spiro atoms. The van der Waals surface area contributed by atoms with Gasteiger partial charge in [0.1, 0.15) is 11.8 Å². The van der Waals surface area contributed by atoms with Gasteiger partial charge in [0.2, 0.25) is 11.8 Å². The Labute approximate surface area is 240 Å². The van der Waals surface area contributed by atoms with Crippen LogP contribution in [-0.4, -0.2) is 49.1 Å². The number of carbonyl (C=O) groups is 2. The van der Waals surface area contributed by atoms with Crippen LogP contribution in [0.15, 0.2) is 97.3 Å². The largest absolute Gasteiger partial charge is 0.497 e. The molecule has 0 fully saturated rings. The van der Waals surface area contributed by atoms with Gasteiger partial charge in [0.25, 0.3) is 0 Å². The van der Waals surface area contributed by atoms with Gasteiger partial charge in [0.15, 0.2) is 11.5 Å². The molecule has 1 N–H and O–H groups in total. The summed E-state index contributed by atoms with van der Waals surface area (Å²) >= 11 is 0. The SMILES string of the molecule is COc1ccc(CN(C(=O)Cc2ccc(OC)c(OC)c2)[C@@H](Cc2ccccc2)C(=O)NCc2cccnc2)cc1. The Hall–Kier alpha value is -4.85. The molecule has 0 radical (unpaired) electrons. The van der Waals surface area contributed by atoms with Gasteiger partial charge < -0.3 is 24.4 Å². The minimum atomic E-state index is -0.760. The summed E-state index contributed by atoms with van der Waals surface area (Å²) in [5.74, 6) is 1.40. The number of hydrogen-bond donors (Lipinski definition) is 1. The second-order valence-electron chi connectivity index (χ2n) is 9.52. The first kappa shape index (κ1) is 29.1. The fourth-order valence-electron chi connectivity index (χ4n) is 4.56. The highest BCUT2D eigenvalue weighted by atomic mass is 16.5. The van der Waals surface area contributed by atoms with E-state index in [-0.39, 0.29) is 24.8 Å². The van der Waals surface area contributed by atoms with Crippen LogP contribution in [0.25, 0.3) is 0 Å². The molecule has 1 atom stereocenters. The number of nitrogens with zero attached hydrogens (tertiary/aromatic N) is 2. The molecule has 1 aromatic heterocycles. The van der Waals surface area contributed by atoms with E-state index >= 15 is 0 Å². The summed E-state index contributed by atoms with van der Waals surface area (Å²) in [6, 6.07) is 25.6. The van der Waals surface area contributed by atoms with Crippen molar-refractivity contribution in [2.24, 2.45) is 0 Å². The maximum Gasteiger partial charge on any atom is 0.243 e. The summed E-state index contributed by atoms with van der Waals surface area (Å²) in [6.45, 7) is 0.548. The van der Waals surface area contributed by atoms with Gasteiger partial charge in [0, 0.05) is 31.9 Å². The van der Waals surface area contributed by atoms with E-state index in [1.54, 1.807) is 50.8 Å². The molecule has 0 bridgehead atoms. The van der Waals surface area contributed by atoms with Crippen molar-refractivity contribution >= 4 is 11.8 Å². The Morgan fingerprint density at radius 1 is 0.780 bits per heavy atom. The van der Waals surface area contributed by atoms with E-state index in [0.29, 0.717) is 30.2 Å². The molecule has 0 aliphatic carbocycles. The molecule has 8 heteroatoms. The lowest BCUT2D eigenvalue weighted by molar-refractivity contribution is -0.140. The van der Waals surface area contributed by atoms with Gasteiger partial charge in [-0.05, 0) is 52.6 Å².